The maximum atomic E-state index is 13.1. The highest BCUT2D eigenvalue weighted by Crippen LogP contribution is 2.33. The van der Waals surface area contributed by atoms with E-state index < -0.39 is 0 Å². The average molecular weight is 470 g/mol. The molecule has 0 atom stereocenters. The molecule has 0 radical (unpaired) electrons. The molecule has 34 heavy (non-hydrogen) atoms. The Labute approximate surface area is 204 Å². The number of amides is 1. The predicted octanol–water partition coefficient (Wildman–Crippen LogP) is 7.29. The molecule has 0 aromatic heterocycles. The normalized spacial score (nSPS) is 10.6. The maximum Gasteiger partial charge on any atom is 0.255 e. The Bertz CT molecular complexity index is 1270. The van der Waals surface area contributed by atoms with Gasteiger partial charge in [-0.25, -0.2) is 0 Å². The molecular weight excluding hydrogens is 442 g/mol. The topological polar surface area (TPSA) is 47.6 Å². The van der Waals surface area contributed by atoms with E-state index in [1.165, 1.54) is 0 Å². The first-order valence-electron chi connectivity index (χ1n) is 11.0. The van der Waals surface area contributed by atoms with Crippen LogP contribution in [0.25, 0.3) is 0 Å². The summed E-state index contributed by atoms with van der Waals surface area (Å²) in [4.78, 5) is 15.2. The molecule has 0 aliphatic rings. The predicted molar refractivity (Wildman–Crippen MR) is 138 cm³/mol. The summed E-state index contributed by atoms with van der Waals surface area (Å²) in [6, 6.07) is 29.4. The fraction of sp³-hybridized carbons (Fsp3) is 0.138. The van der Waals surface area contributed by atoms with Gasteiger partial charge in [-0.05, 0) is 79.6 Å². The van der Waals surface area contributed by atoms with Gasteiger partial charge >= 0.3 is 0 Å². The van der Waals surface area contributed by atoms with Crippen LogP contribution in [0.4, 0.5) is 5.69 Å². The Balaban J connectivity index is 1.52. The standard InChI is InChI=1S/C29H27NO3S/c1-20-15-21(2)17-24(16-20)33-19-23-18-22(13-14-27(23)32-3)29(31)30-26-11-7-8-12-28(26)34-25-9-5-4-6-10-25/h4-18H,19H2,1-3H3,(H,30,31). The summed E-state index contributed by atoms with van der Waals surface area (Å²) in [6.07, 6.45) is 0. The van der Waals surface area contributed by atoms with Gasteiger partial charge in [-0.15, -0.1) is 0 Å². The van der Waals surface area contributed by atoms with E-state index in [2.05, 4.69) is 23.5 Å². The lowest BCUT2D eigenvalue weighted by Gasteiger charge is -2.14. The molecule has 1 amide bonds. The molecule has 4 aromatic rings. The maximum absolute atomic E-state index is 13.1. The van der Waals surface area contributed by atoms with Gasteiger partial charge in [-0.1, -0.05) is 48.2 Å². The Morgan fingerprint density at radius 1 is 0.853 bits per heavy atom. The molecule has 0 saturated carbocycles. The Kier molecular flexibility index (Phi) is 7.55. The zero-order valence-electron chi connectivity index (χ0n) is 19.5. The number of aryl methyl sites for hydroxylation is 2. The molecule has 0 bridgehead atoms. The minimum absolute atomic E-state index is 0.184. The van der Waals surface area contributed by atoms with Crippen molar-refractivity contribution in [1.82, 2.24) is 0 Å². The molecule has 4 nitrogen and oxygen atoms in total. The van der Waals surface area contributed by atoms with Gasteiger partial charge in [0.1, 0.15) is 18.1 Å². The van der Waals surface area contributed by atoms with Crippen LogP contribution in [0.5, 0.6) is 11.5 Å². The average Bonchev–Trinajstić information content (AvgIpc) is 2.84. The van der Waals surface area contributed by atoms with Crippen LogP contribution in [0, 0.1) is 13.8 Å². The van der Waals surface area contributed by atoms with Gasteiger partial charge in [0, 0.05) is 20.9 Å². The molecule has 0 saturated heterocycles. The van der Waals surface area contributed by atoms with E-state index in [9.17, 15) is 4.79 Å². The first kappa shape index (κ1) is 23.5. The van der Waals surface area contributed by atoms with E-state index in [1.807, 2.05) is 74.5 Å². The largest absolute Gasteiger partial charge is 0.496 e. The van der Waals surface area contributed by atoms with Crippen LogP contribution in [-0.4, -0.2) is 13.0 Å². The summed E-state index contributed by atoms with van der Waals surface area (Å²) in [5, 5.41) is 3.06. The number of carbonyl (C=O) groups is 1. The molecule has 0 unspecified atom stereocenters. The van der Waals surface area contributed by atoms with Crippen molar-refractivity contribution in [3.05, 3.63) is 113 Å². The lowest BCUT2D eigenvalue weighted by atomic mass is 10.1. The molecule has 4 aromatic carbocycles. The Morgan fingerprint density at radius 2 is 1.56 bits per heavy atom. The number of carbonyl (C=O) groups excluding carboxylic acids is 1. The highest BCUT2D eigenvalue weighted by Gasteiger charge is 2.13. The number of ether oxygens (including phenoxy) is 2. The van der Waals surface area contributed by atoms with Gasteiger partial charge in [0.05, 0.1) is 12.8 Å². The molecule has 5 heteroatoms. The number of methoxy groups -OCH3 is 1. The van der Waals surface area contributed by atoms with Crippen LogP contribution in [0.2, 0.25) is 0 Å². The van der Waals surface area contributed by atoms with E-state index in [4.69, 9.17) is 9.47 Å². The van der Waals surface area contributed by atoms with Crippen molar-refractivity contribution in [3.63, 3.8) is 0 Å². The summed E-state index contributed by atoms with van der Waals surface area (Å²) in [5.74, 6) is 1.29. The SMILES string of the molecule is COc1ccc(C(=O)Nc2ccccc2Sc2ccccc2)cc1COc1cc(C)cc(C)c1. The Hall–Kier alpha value is -3.70. The van der Waals surface area contributed by atoms with Gasteiger partial charge in [0.25, 0.3) is 5.91 Å². The fourth-order valence-corrected chi connectivity index (χ4v) is 4.60. The molecule has 0 aliphatic carbocycles. The second-order valence-electron chi connectivity index (χ2n) is 8.00. The first-order chi connectivity index (χ1) is 16.5. The van der Waals surface area contributed by atoms with Crippen molar-refractivity contribution in [1.29, 1.82) is 0 Å². The molecule has 0 fully saturated rings. The van der Waals surface area contributed by atoms with Crippen molar-refractivity contribution < 1.29 is 14.3 Å². The van der Waals surface area contributed by atoms with E-state index in [0.717, 1.165) is 37.9 Å². The zero-order valence-corrected chi connectivity index (χ0v) is 20.3. The number of anilines is 1. The summed E-state index contributed by atoms with van der Waals surface area (Å²) in [5.41, 5.74) is 4.40. The molecule has 0 spiro atoms. The third-order valence-electron chi connectivity index (χ3n) is 5.24. The minimum Gasteiger partial charge on any atom is -0.496 e. The zero-order chi connectivity index (χ0) is 23.9. The lowest BCUT2D eigenvalue weighted by molar-refractivity contribution is 0.102. The molecule has 4 rings (SSSR count). The highest BCUT2D eigenvalue weighted by molar-refractivity contribution is 7.99. The van der Waals surface area contributed by atoms with Gasteiger partial charge in [-0.2, -0.15) is 0 Å². The van der Waals surface area contributed by atoms with E-state index >= 15 is 0 Å². The van der Waals surface area contributed by atoms with Crippen LogP contribution < -0.4 is 14.8 Å². The number of nitrogens with one attached hydrogen (secondary N) is 1. The second kappa shape index (κ2) is 10.9. The summed E-state index contributed by atoms with van der Waals surface area (Å²) in [7, 11) is 1.62. The number of hydrogen-bond donors (Lipinski definition) is 1. The minimum atomic E-state index is -0.184. The number of benzene rings is 4. The number of hydrogen-bond acceptors (Lipinski definition) is 4. The molecular formula is C29H27NO3S. The monoisotopic (exact) mass is 469 g/mol. The van der Waals surface area contributed by atoms with E-state index in [0.29, 0.717) is 17.9 Å². The van der Waals surface area contributed by atoms with E-state index in [-0.39, 0.29) is 5.91 Å². The molecule has 172 valence electrons. The van der Waals surface area contributed by atoms with Crippen molar-refractivity contribution in [2.24, 2.45) is 0 Å². The Morgan fingerprint density at radius 3 is 2.29 bits per heavy atom. The van der Waals surface area contributed by atoms with Gasteiger partial charge in [-0.3, -0.25) is 4.79 Å². The number of para-hydroxylation sites is 1. The van der Waals surface area contributed by atoms with Gasteiger partial charge in [0.15, 0.2) is 0 Å². The van der Waals surface area contributed by atoms with E-state index in [1.54, 1.807) is 31.0 Å². The van der Waals surface area contributed by atoms with Gasteiger partial charge in [0.2, 0.25) is 0 Å². The lowest BCUT2D eigenvalue weighted by Crippen LogP contribution is -2.13. The molecule has 1 N–H and O–H groups in total. The fourth-order valence-electron chi connectivity index (χ4n) is 3.68. The highest BCUT2D eigenvalue weighted by atomic mass is 32.2. The van der Waals surface area contributed by atoms with Crippen LogP contribution >= 0.6 is 11.8 Å². The molecule has 0 heterocycles. The second-order valence-corrected chi connectivity index (χ2v) is 9.12. The molecule has 0 aliphatic heterocycles. The van der Waals surface area contributed by atoms with Gasteiger partial charge < -0.3 is 14.8 Å². The van der Waals surface area contributed by atoms with Crippen molar-refractivity contribution in [2.45, 2.75) is 30.2 Å². The summed E-state index contributed by atoms with van der Waals surface area (Å²) < 4.78 is 11.5. The third-order valence-corrected chi connectivity index (χ3v) is 6.32. The van der Waals surface area contributed by atoms with Crippen molar-refractivity contribution in [2.75, 3.05) is 12.4 Å². The number of rotatable bonds is 8. The third kappa shape index (κ3) is 6.00. The first-order valence-corrected chi connectivity index (χ1v) is 11.8. The van der Waals surface area contributed by atoms with Crippen molar-refractivity contribution in [3.8, 4) is 11.5 Å². The quantitative estimate of drug-likeness (QED) is 0.294. The van der Waals surface area contributed by atoms with Crippen LogP contribution in [0.15, 0.2) is 101 Å². The summed E-state index contributed by atoms with van der Waals surface area (Å²) in [6.45, 7) is 4.38. The van der Waals surface area contributed by atoms with Crippen LogP contribution in [0.3, 0.4) is 0 Å². The van der Waals surface area contributed by atoms with Crippen LogP contribution in [-0.2, 0) is 6.61 Å². The van der Waals surface area contributed by atoms with Crippen LogP contribution in [0.1, 0.15) is 27.0 Å². The smallest absolute Gasteiger partial charge is 0.255 e. The summed E-state index contributed by atoms with van der Waals surface area (Å²) >= 11 is 1.61. The van der Waals surface area contributed by atoms with Crippen molar-refractivity contribution >= 4 is 23.4 Å².